The first-order valence-electron chi connectivity index (χ1n) is 14.9. The number of ketones is 2. The molecule has 2 aromatic carbocycles. The molecule has 0 aliphatic heterocycles. The quantitative estimate of drug-likeness (QED) is 0.114. The number of hydrogen-bond donors (Lipinski definition) is 4. The van der Waals surface area contributed by atoms with Crippen LogP contribution in [-0.2, 0) is 9.47 Å². The molecule has 0 saturated carbocycles. The summed E-state index contributed by atoms with van der Waals surface area (Å²) in [6.45, 7) is 10.4. The van der Waals surface area contributed by atoms with Gasteiger partial charge in [0.25, 0.3) is 0 Å². The van der Waals surface area contributed by atoms with Gasteiger partial charge in [-0.15, -0.1) is 0 Å². The van der Waals surface area contributed by atoms with Gasteiger partial charge >= 0.3 is 0 Å². The Balaban J connectivity index is 1.61. The van der Waals surface area contributed by atoms with Gasteiger partial charge in [0.15, 0.2) is 11.6 Å². The van der Waals surface area contributed by atoms with Crippen LogP contribution >= 0.6 is 0 Å². The van der Waals surface area contributed by atoms with E-state index in [0.29, 0.717) is 42.3 Å². The average Bonchev–Trinajstić information content (AvgIpc) is 2.96. The molecule has 2 rings (SSSR count). The lowest BCUT2D eigenvalue weighted by Crippen LogP contribution is -2.41. The van der Waals surface area contributed by atoms with Crippen molar-refractivity contribution in [2.24, 2.45) is 0 Å². The summed E-state index contributed by atoms with van der Waals surface area (Å²) in [6, 6.07) is 13.0. The minimum absolute atomic E-state index is 0.111. The first kappa shape index (κ1) is 37.3. The van der Waals surface area contributed by atoms with Gasteiger partial charge in [0.2, 0.25) is 0 Å². The molecule has 11 heteroatoms. The second-order valence-corrected chi connectivity index (χ2v) is 11.7. The lowest BCUT2D eigenvalue weighted by atomic mass is 9.97. The van der Waals surface area contributed by atoms with Crippen molar-refractivity contribution in [3.05, 3.63) is 59.7 Å². The molecular weight excluding hydrogens is 570 g/mol. The van der Waals surface area contributed by atoms with E-state index >= 15 is 0 Å². The number of hydrogen-bond acceptors (Lipinski definition) is 11. The van der Waals surface area contributed by atoms with Gasteiger partial charge in [-0.25, -0.2) is 0 Å². The lowest BCUT2D eigenvalue weighted by molar-refractivity contribution is -0.0162. The fourth-order valence-electron chi connectivity index (χ4n) is 4.26. The van der Waals surface area contributed by atoms with Gasteiger partial charge in [-0.1, -0.05) is 6.92 Å². The Morgan fingerprint density at radius 1 is 0.682 bits per heavy atom. The fourth-order valence-corrected chi connectivity index (χ4v) is 4.26. The summed E-state index contributed by atoms with van der Waals surface area (Å²) in [5.41, 5.74) is -2.08. The third kappa shape index (κ3) is 13.8. The van der Waals surface area contributed by atoms with E-state index in [1.165, 1.54) is 27.7 Å². The van der Waals surface area contributed by atoms with Crippen molar-refractivity contribution in [2.45, 2.75) is 64.4 Å². The molecule has 0 radical (unpaired) electrons. The number of Topliss-reactive ketones (excluding diaryl/α,β-unsaturated/α-hetero) is 2. The summed E-state index contributed by atoms with van der Waals surface area (Å²) in [5, 5.41) is 40.6. The maximum absolute atomic E-state index is 12.1. The predicted octanol–water partition coefficient (Wildman–Crippen LogP) is 2.52. The molecule has 0 spiro atoms. The number of aliphatic hydroxyl groups is 4. The highest BCUT2D eigenvalue weighted by Gasteiger charge is 2.26. The molecule has 4 N–H and O–H groups in total. The van der Waals surface area contributed by atoms with E-state index in [0.717, 1.165) is 6.42 Å². The molecular formula is C33H49NO10. The van der Waals surface area contributed by atoms with Crippen LogP contribution in [0, 0.1) is 0 Å². The van der Waals surface area contributed by atoms with E-state index < -0.39 is 23.4 Å². The monoisotopic (exact) mass is 619 g/mol. The van der Waals surface area contributed by atoms with Crippen molar-refractivity contribution in [2.75, 3.05) is 59.3 Å². The molecule has 2 atom stereocenters. The lowest BCUT2D eigenvalue weighted by Gasteiger charge is -2.26. The number of carbonyl (C=O) groups is 2. The average molecular weight is 620 g/mol. The van der Waals surface area contributed by atoms with Crippen LogP contribution in [0.25, 0.3) is 0 Å². The maximum atomic E-state index is 12.1. The summed E-state index contributed by atoms with van der Waals surface area (Å²) >= 11 is 0. The first-order chi connectivity index (χ1) is 20.7. The van der Waals surface area contributed by atoms with E-state index in [1.807, 2.05) is 11.8 Å². The van der Waals surface area contributed by atoms with Crippen LogP contribution in [0.1, 0.15) is 61.8 Å². The number of aliphatic hydroxyl groups excluding tert-OH is 2. The predicted molar refractivity (Wildman–Crippen MR) is 166 cm³/mol. The van der Waals surface area contributed by atoms with E-state index in [2.05, 4.69) is 0 Å². The smallest absolute Gasteiger partial charge is 0.193 e. The Hall–Kier alpha value is -2.90. The number of benzene rings is 2. The molecule has 0 aliphatic carbocycles. The largest absolute Gasteiger partial charge is 0.491 e. The van der Waals surface area contributed by atoms with E-state index in [9.17, 15) is 30.0 Å². The van der Waals surface area contributed by atoms with Crippen LogP contribution in [0.3, 0.4) is 0 Å². The third-order valence-corrected chi connectivity index (χ3v) is 6.44. The van der Waals surface area contributed by atoms with E-state index in [4.69, 9.17) is 18.9 Å². The minimum Gasteiger partial charge on any atom is -0.491 e. The summed E-state index contributed by atoms with van der Waals surface area (Å²) < 4.78 is 22.3. The zero-order valence-electron chi connectivity index (χ0n) is 26.5. The van der Waals surface area contributed by atoms with Crippen LogP contribution in [0.4, 0.5) is 0 Å². The summed E-state index contributed by atoms with van der Waals surface area (Å²) in [7, 11) is 0. The van der Waals surface area contributed by atoms with Crippen LogP contribution in [0.2, 0.25) is 0 Å². The Labute approximate surface area is 260 Å². The Morgan fingerprint density at radius 2 is 1.05 bits per heavy atom. The van der Waals surface area contributed by atoms with Crippen molar-refractivity contribution in [3.8, 4) is 11.5 Å². The number of ether oxygens (including phenoxy) is 4. The zero-order chi connectivity index (χ0) is 32.8. The zero-order valence-corrected chi connectivity index (χ0v) is 26.5. The molecule has 0 fully saturated rings. The van der Waals surface area contributed by atoms with Crippen LogP contribution in [0.5, 0.6) is 11.5 Å². The van der Waals surface area contributed by atoms with Crippen molar-refractivity contribution < 1.29 is 49.0 Å². The SMILES string of the molecule is CCCN(CC(O)COCCOc1ccc(C(=O)C(C)(C)O)cc1)CC(O)COCCOc1ccc(C(=O)C(C)(C)O)cc1. The van der Waals surface area contributed by atoms with Crippen molar-refractivity contribution in [3.63, 3.8) is 0 Å². The highest BCUT2D eigenvalue weighted by Crippen LogP contribution is 2.18. The van der Waals surface area contributed by atoms with Gasteiger partial charge in [-0.2, -0.15) is 0 Å². The fraction of sp³-hybridized carbons (Fsp3) is 0.576. The first-order valence-corrected chi connectivity index (χ1v) is 14.9. The molecule has 0 saturated heterocycles. The Bertz CT molecular complexity index is 1040. The number of nitrogens with zero attached hydrogens (tertiary/aromatic N) is 1. The molecule has 0 aliphatic rings. The highest BCUT2D eigenvalue weighted by atomic mass is 16.5. The minimum atomic E-state index is -1.44. The molecule has 0 amide bonds. The highest BCUT2D eigenvalue weighted by molar-refractivity contribution is 6.02. The molecule has 0 heterocycles. The maximum Gasteiger partial charge on any atom is 0.193 e. The summed E-state index contributed by atoms with van der Waals surface area (Å²) in [4.78, 5) is 26.2. The normalized spacial score (nSPS) is 13.5. The molecule has 0 bridgehead atoms. The van der Waals surface area contributed by atoms with Crippen LogP contribution in [0.15, 0.2) is 48.5 Å². The van der Waals surface area contributed by atoms with Gasteiger partial charge in [0.1, 0.15) is 35.9 Å². The Kier molecular flexibility index (Phi) is 15.4. The molecule has 0 aromatic heterocycles. The van der Waals surface area contributed by atoms with Crippen molar-refractivity contribution in [1.82, 2.24) is 4.90 Å². The Morgan fingerprint density at radius 3 is 1.36 bits per heavy atom. The van der Waals surface area contributed by atoms with Crippen molar-refractivity contribution in [1.29, 1.82) is 0 Å². The van der Waals surface area contributed by atoms with Crippen molar-refractivity contribution >= 4 is 11.6 Å². The van der Waals surface area contributed by atoms with Gasteiger partial charge in [-0.3, -0.25) is 14.5 Å². The molecule has 11 nitrogen and oxygen atoms in total. The van der Waals surface area contributed by atoms with E-state index in [1.54, 1.807) is 48.5 Å². The third-order valence-electron chi connectivity index (χ3n) is 6.44. The summed E-state index contributed by atoms with van der Waals surface area (Å²) in [6.07, 6.45) is -0.649. The van der Waals surface area contributed by atoms with Gasteiger partial charge < -0.3 is 39.4 Å². The molecule has 2 aromatic rings. The molecule has 2 unspecified atom stereocenters. The van der Waals surface area contributed by atoms with Crippen LogP contribution < -0.4 is 9.47 Å². The van der Waals surface area contributed by atoms with Crippen LogP contribution in [-0.4, -0.2) is 120 Å². The molecule has 44 heavy (non-hydrogen) atoms. The van der Waals surface area contributed by atoms with Gasteiger partial charge in [0, 0.05) is 24.2 Å². The standard InChI is InChI=1S/C33H49NO10/c1-6-15-34(20-26(35)22-41-16-18-43-28-11-7-24(8-12-28)30(37)32(2,3)39)21-27(36)23-42-17-19-44-29-13-9-25(10-14-29)31(38)33(4,5)40/h7-14,26-27,35-36,39-40H,6,15-23H2,1-5H3. The number of rotatable bonds is 22. The topological polar surface area (TPSA) is 155 Å². The van der Waals surface area contributed by atoms with Gasteiger partial charge in [-0.05, 0) is 89.2 Å². The van der Waals surface area contributed by atoms with E-state index in [-0.39, 0.29) is 51.2 Å². The van der Waals surface area contributed by atoms with Gasteiger partial charge in [0.05, 0.1) is 38.6 Å². The summed E-state index contributed by atoms with van der Waals surface area (Å²) in [5.74, 6) is 0.390. The second kappa shape index (κ2) is 18.2. The number of carbonyl (C=O) groups excluding carboxylic acids is 2. The molecule has 246 valence electrons. The second-order valence-electron chi connectivity index (χ2n) is 11.7.